The van der Waals surface area contributed by atoms with E-state index in [1.54, 1.807) is 0 Å². The highest BCUT2D eigenvalue weighted by Gasteiger charge is 2.19. The predicted octanol–water partition coefficient (Wildman–Crippen LogP) is 0.955. The molecule has 0 aromatic carbocycles. The Kier molecular flexibility index (Phi) is 2.93. The normalized spacial score (nSPS) is 25.4. The summed E-state index contributed by atoms with van der Waals surface area (Å²) in [5.74, 6) is 0.682. The monoisotopic (exact) mass is 221 g/mol. The average molecular weight is 221 g/mol. The van der Waals surface area contributed by atoms with Crippen molar-refractivity contribution in [1.29, 1.82) is 0 Å². The van der Waals surface area contributed by atoms with Crippen LogP contribution in [0.2, 0.25) is 0 Å². The molecule has 0 spiro atoms. The molecule has 2 aliphatic heterocycles. The maximum absolute atomic E-state index is 5.53. The quantitative estimate of drug-likeness (QED) is 0.808. The molecule has 2 aliphatic rings. The number of ether oxygens (including phenoxy) is 1. The minimum Gasteiger partial charge on any atom is -0.381 e. The van der Waals surface area contributed by atoms with Crippen molar-refractivity contribution in [3.05, 3.63) is 17.7 Å². The van der Waals surface area contributed by atoms with Crippen LogP contribution in [0, 0.1) is 5.92 Å². The molecular weight excluding hydrogens is 202 g/mol. The van der Waals surface area contributed by atoms with Gasteiger partial charge in [-0.2, -0.15) is 0 Å². The van der Waals surface area contributed by atoms with Gasteiger partial charge in [0.15, 0.2) is 0 Å². The van der Waals surface area contributed by atoms with E-state index in [2.05, 4.69) is 14.9 Å². The molecule has 4 heteroatoms. The van der Waals surface area contributed by atoms with E-state index in [4.69, 9.17) is 4.74 Å². The molecule has 0 amide bonds. The second-order valence-corrected chi connectivity index (χ2v) is 4.80. The first-order chi connectivity index (χ1) is 7.93. The highest BCUT2D eigenvalue weighted by atomic mass is 16.5. The number of nitrogens with one attached hydrogen (secondary N) is 1. The largest absolute Gasteiger partial charge is 0.381 e. The van der Waals surface area contributed by atoms with Crippen LogP contribution < -0.4 is 5.32 Å². The summed E-state index contributed by atoms with van der Waals surface area (Å²) in [6, 6.07) is 0. The van der Waals surface area contributed by atoms with Crippen LogP contribution in [0.25, 0.3) is 0 Å². The Morgan fingerprint density at radius 3 is 3.44 bits per heavy atom. The number of aromatic nitrogens is 2. The van der Waals surface area contributed by atoms with E-state index in [0.29, 0.717) is 5.92 Å². The van der Waals surface area contributed by atoms with Gasteiger partial charge in [0.1, 0.15) is 0 Å². The zero-order valence-corrected chi connectivity index (χ0v) is 9.61. The third-order valence-corrected chi connectivity index (χ3v) is 3.57. The van der Waals surface area contributed by atoms with Gasteiger partial charge in [0, 0.05) is 44.3 Å². The summed E-state index contributed by atoms with van der Waals surface area (Å²) in [5, 5.41) is 3.36. The molecule has 0 aliphatic carbocycles. The van der Waals surface area contributed by atoms with E-state index in [-0.39, 0.29) is 0 Å². The zero-order valence-electron chi connectivity index (χ0n) is 9.61. The molecule has 1 saturated heterocycles. The van der Waals surface area contributed by atoms with Crippen molar-refractivity contribution in [2.45, 2.75) is 32.4 Å². The second kappa shape index (κ2) is 4.55. The first-order valence-corrected chi connectivity index (χ1v) is 6.25. The van der Waals surface area contributed by atoms with Crippen molar-refractivity contribution in [3.63, 3.8) is 0 Å². The van der Waals surface area contributed by atoms with Crippen LogP contribution in [0.5, 0.6) is 0 Å². The van der Waals surface area contributed by atoms with Crippen LogP contribution in [0.4, 0.5) is 0 Å². The maximum atomic E-state index is 5.53. The summed E-state index contributed by atoms with van der Waals surface area (Å²) >= 11 is 0. The highest BCUT2D eigenvalue weighted by Crippen LogP contribution is 2.19. The molecule has 1 aromatic heterocycles. The SMILES string of the molecule is c1nc2c(n1CC1CCCOC1)CCNC2. The third kappa shape index (κ3) is 1.99. The second-order valence-electron chi connectivity index (χ2n) is 4.80. The van der Waals surface area contributed by atoms with Crippen LogP contribution >= 0.6 is 0 Å². The van der Waals surface area contributed by atoms with Gasteiger partial charge >= 0.3 is 0 Å². The van der Waals surface area contributed by atoms with Crippen molar-refractivity contribution < 1.29 is 4.74 Å². The Balaban J connectivity index is 1.71. The number of fused-ring (bicyclic) bond motifs is 1. The topological polar surface area (TPSA) is 39.1 Å². The van der Waals surface area contributed by atoms with E-state index in [0.717, 1.165) is 39.3 Å². The minimum absolute atomic E-state index is 0.682. The smallest absolute Gasteiger partial charge is 0.0952 e. The molecule has 1 aromatic rings. The standard InChI is InChI=1S/C12H19N3O/c1-2-10(8-16-5-1)7-15-9-14-11-6-13-4-3-12(11)15/h9-10,13H,1-8H2. The summed E-state index contributed by atoms with van der Waals surface area (Å²) in [6.45, 7) is 4.97. The summed E-state index contributed by atoms with van der Waals surface area (Å²) in [5.41, 5.74) is 2.67. The fourth-order valence-corrected chi connectivity index (χ4v) is 2.69. The van der Waals surface area contributed by atoms with Crippen LogP contribution in [0.15, 0.2) is 6.33 Å². The number of nitrogens with zero attached hydrogens (tertiary/aromatic N) is 2. The van der Waals surface area contributed by atoms with E-state index in [1.807, 2.05) is 6.33 Å². The van der Waals surface area contributed by atoms with Crippen molar-refractivity contribution in [3.8, 4) is 0 Å². The molecule has 1 fully saturated rings. The van der Waals surface area contributed by atoms with Crippen LogP contribution in [0.1, 0.15) is 24.2 Å². The Morgan fingerprint density at radius 1 is 1.56 bits per heavy atom. The van der Waals surface area contributed by atoms with Gasteiger partial charge in [0.2, 0.25) is 0 Å². The van der Waals surface area contributed by atoms with Crippen molar-refractivity contribution in [2.24, 2.45) is 5.92 Å². The van der Waals surface area contributed by atoms with E-state index in [9.17, 15) is 0 Å². The molecule has 0 radical (unpaired) electrons. The fraction of sp³-hybridized carbons (Fsp3) is 0.750. The number of rotatable bonds is 2. The van der Waals surface area contributed by atoms with E-state index >= 15 is 0 Å². The Labute approximate surface area is 96.0 Å². The van der Waals surface area contributed by atoms with Gasteiger partial charge in [-0.05, 0) is 12.8 Å². The average Bonchev–Trinajstić information content (AvgIpc) is 2.74. The van der Waals surface area contributed by atoms with Gasteiger partial charge < -0.3 is 14.6 Å². The van der Waals surface area contributed by atoms with Gasteiger partial charge in [0.25, 0.3) is 0 Å². The van der Waals surface area contributed by atoms with E-state index < -0.39 is 0 Å². The third-order valence-electron chi connectivity index (χ3n) is 3.57. The lowest BCUT2D eigenvalue weighted by molar-refractivity contribution is 0.0480. The molecule has 1 unspecified atom stereocenters. The first kappa shape index (κ1) is 10.3. The van der Waals surface area contributed by atoms with Crippen molar-refractivity contribution in [1.82, 2.24) is 14.9 Å². The molecule has 3 heterocycles. The molecule has 88 valence electrons. The lowest BCUT2D eigenvalue weighted by atomic mass is 10.0. The predicted molar refractivity (Wildman–Crippen MR) is 61.2 cm³/mol. The minimum atomic E-state index is 0.682. The Morgan fingerprint density at radius 2 is 2.56 bits per heavy atom. The van der Waals surface area contributed by atoms with Crippen molar-refractivity contribution >= 4 is 0 Å². The summed E-state index contributed by atoms with van der Waals surface area (Å²) in [7, 11) is 0. The number of hydrogen-bond acceptors (Lipinski definition) is 3. The Bertz CT molecular complexity index is 355. The molecular formula is C12H19N3O. The highest BCUT2D eigenvalue weighted by molar-refractivity contribution is 5.16. The summed E-state index contributed by atoms with van der Waals surface area (Å²) in [6.07, 6.45) is 5.63. The summed E-state index contributed by atoms with van der Waals surface area (Å²) in [4.78, 5) is 4.48. The fourth-order valence-electron chi connectivity index (χ4n) is 2.69. The van der Waals surface area contributed by atoms with Crippen molar-refractivity contribution in [2.75, 3.05) is 19.8 Å². The summed E-state index contributed by atoms with van der Waals surface area (Å²) < 4.78 is 7.87. The molecule has 0 saturated carbocycles. The zero-order chi connectivity index (χ0) is 10.8. The van der Waals surface area contributed by atoms with Gasteiger partial charge in [0.05, 0.1) is 18.6 Å². The van der Waals surface area contributed by atoms with Gasteiger partial charge in [-0.1, -0.05) is 0 Å². The lowest BCUT2D eigenvalue weighted by Gasteiger charge is -2.24. The molecule has 4 nitrogen and oxygen atoms in total. The van der Waals surface area contributed by atoms with Gasteiger partial charge in [-0.25, -0.2) is 4.98 Å². The Hall–Kier alpha value is -0.870. The molecule has 0 bridgehead atoms. The van der Waals surface area contributed by atoms with Crippen LogP contribution in [-0.2, 0) is 24.2 Å². The van der Waals surface area contributed by atoms with E-state index in [1.165, 1.54) is 24.2 Å². The van der Waals surface area contributed by atoms with Crippen LogP contribution in [-0.4, -0.2) is 29.3 Å². The molecule has 16 heavy (non-hydrogen) atoms. The number of hydrogen-bond donors (Lipinski definition) is 1. The molecule has 1 atom stereocenters. The maximum Gasteiger partial charge on any atom is 0.0952 e. The number of imidazole rings is 1. The molecule has 3 rings (SSSR count). The van der Waals surface area contributed by atoms with Gasteiger partial charge in [-0.15, -0.1) is 0 Å². The van der Waals surface area contributed by atoms with Gasteiger partial charge in [-0.3, -0.25) is 0 Å². The lowest BCUT2D eigenvalue weighted by Crippen LogP contribution is -2.27. The molecule has 1 N–H and O–H groups in total. The van der Waals surface area contributed by atoms with Crippen LogP contribution in [0.3, 0.4) is 0 Å². The first-order valence-electron chi connectivity index (χ1n) is 6.25.